The predicted molar refractivity (Wildman–Crippen MR) is 94.1 cm³/mol. The molecule has 1 aliphatic rings. The Bertz CT molecular complexity index is 650. The molecule has 120 valence electrons. The molecule has 0 aromatic heterocycles. The van der Waals surface area contributed by atoms with Gasteiger partial charge in [-0.05, 0) is 48.5 Å². The van der Waals surface area contributed by atoms with Gasteiger partial charge in [-0.3, -0.25) is 0 Å². The van der Waals surface area contributed by atoms with Crippen molar-refractivity contribution in [2.24, 2.45) is 17.1 Å². The van der Waals surface area contributed by atoms with Crippen LogP contribution in [0.15, 0.2) is 54.6 Å². The zero-order chi connectivity index (χ0) is 16.1. The van der Waals surface area contributed by atoms with Gasteiger partial charge in [-0.1, -0.05) is 54.6 Å². The summed E-state index contributed by atoms with van der Waals surface area (Å²) in [5.74, 6) is 0.324. The first-order valence-corrected chi connectivity index (χ1v) is 8.29. The normalized spacial score (nSPS) is 20.1. The highest BCUT2D eigenvalue weighted by molar-refractivity contribution is 5.65. The topological polar surface area (TPSA) is 55.1 Å². The summed E-state index contributed by atoms with van der Waals surface area (Å²) in [5, 5.41) is 3.35. The summed E-state index contributed by atoms with van der Waals surface area (Å²) in [5.41, 5.74) is 9.13. The van der Waals surface area contributed by atoms with Crippen molar-refractivity contribution in [2.45, 2.75) is 12.8 Å². The van der Waals surface area contributed by atoms with E-state index in [1.54, 1.807) is 0 Å². The highest BCUT2D eigenvalue weighted by atomic mass is 16.1. The van der Waals surface area contributed by atoms with Gasteiger partial charge >= 0.3 is 0 Å². The van der Waals surface area contributed by atoms with E-state index in [2.05, 4.69) is 41.7 Å². The van der Waals surface area contributed by atoms with Gasteiger partial charge in [0.05, 0.1) is 0 Å². The second-order valence-electron chi connectivity index (χ2n) is 6.49. The Morgan fingerprint density at radius 1 is 1.13 bits per heavy atom. The molecular weight excluding hydrogens is 284 g/mol. The van der Waals surface area contributed by atoms with Gasteiger partial charge in [-0.25, -0.2) is 0 Å². The molecule has 0 spiro atoms. The number of nitrogens with one attached hydrogen (secondary N) is 1. The van der Waals surface area contributed by atoms with Crippen molar-refractivity contribution in [3.63, 3.8) is 0 Å². The summed E-state index contributed by atoms with van der Waals surface area (Å²) in [4.78, 5) is 11.9. The smallest absolute Gasteiger partial charge is 0.128 e. The Morgan fingerprint density at radius 3 is 2.57 bits per heavy atom. The van der Waals surface area contributed by atoms with Crippen molar-refractivity contribution in [3.8, 4) is 11.1 Å². The SMILES string of the molecule is NCC(C=O)(Cc1cccc(-c2ccccc2)c1)C1CCNC1. The molecule has 23 heavy (non-hydrogen) atoms. The van der Waals surface area contributed by atoms with Crippen LogP contribution in [0.3, 0.4) is 0 Å². The molecule has 2 aromatic carbocycles. The first-order chi connectivity index (χ1) is 11.3. The molecule has 1 saturated heterocycles. The van der Waals surface area contributed by atoms with Gasteiger partial charge < -0.3 is 15.8 Å². The minimum atomic E-state index is -0.460. The summed E-state index contributed by atoms with van der Waals surface area (Å²) >= 11 is 0. The van der Waals surface area contributed by atoms with E-state index in [1.807, 2.05) is 18.2 Å². The van der Waals surface area contributed by atoms with Crippen molar-refractivity contribution in [3.05, 3.63) is 60.2 Å². The molecule has 3 heteroatoms. The van der Waals surface area contributed by atoms with Gasteiger partial charge in [0, 0.05) is 12.0 Å². The molecule has 3 nitrogen and oxygen atoms in total. The van der Waals surface area contributed by atoms with Crippen LogP contribution < -0.4 is 11.1 Å². The van der Waals surface area contributed by atoms with E-state index in [0.717, 1.165) is 25.8 Å². The molecule has 3 rings (SSSR count). The van der Waals surface area contributed by atoms with Gasteiger partial charge in [0.15, 0.2) is 0 Å². The van der Waals surface area contributed by atoms with Crippen molar-refractivity contribution in [2.75, 3.05) is 19.6 Å². The minimum Gasteiger partial charge on any atom is -0.329 e. The highest BCUT2D eigenvalue weighted by Gasteiger charge is 2.39. The lowest BCUT2D eigenvalue weighted by Crippen LogP contribution is -2.42. The molecular formula is C20H24N2O. The van der Waals surface area contributed by atoms with E-state index in [4.69, 9.17) is 5.73 Å². The molecule has 0 radical (unpaired) electrons. The predicted octanol–water partition coefficient (Wildman–Crippen LogP) is 2.65. The molecule has 0 bridgehead atoms. The van der Waals surface area contributed by atoms with E-state index in [9.17, 15) is 4.79 Å². The summed E-state index contributed by atoms with van der Waals surface area (Å²) in [7, 11) is 0. The number of carbonyl (C=O) groups is 1. The lowest BCUT2D eigenvalue weighted by atomic mass is 9.71. The highest BCUT2D eigenvalue weighted by Crippen LogP contribution is 2.34. The Morgan fingerprint density at radius 2 is 1.91 bits per heavy atom. The second-order valence-corrected chi connectivity index (χ2v) is 6.49. The largest absolute Gasteiger partial charge is 0.329 e. The molecule has 2 unspecified atom stereocenters. The van der Waals surface area contributed by atoms with Crippen molar-refractivity contribution in [1.29, 1.82) is 0 Å². The monoisotopic (exact) mass is 308 g/mol. The molecule has 0 aliphatic carbocycles. The average molecular weight is 308 g/mol. The van der Waals surface area contributed by atoms with Crippen LogP contribution in [-0.4, -0.2) is 25.9 Å². The molecule has 2 aromatic rings. The van der Waals surface area contributed by atoms with Crippen LogP contribution in [0.2, 0.25) is 0 Å². The zero-order valence-corrected chi connectivity index (χ0v) is 13.4. The third kappa shape index (κ3) is 3.36. The second kappa shape index (κ2) is 7.07. The lowest BCUT2D eigenvalue weighted by molar-refractivity contribution is -0.118. The molecule has 1 aliphatic heterocycles. The van der Waals surface area contributed by atoms with E-state index in [1.165, 1.54) is 16.7 Å². The zero-order valence-electron chi connectivity index (χ0n) is 13.4. The lowest BCUT2D eigenvalue weighted by Gasteiger charge is -2.32. The quantitative estimate of drug-likeness (QED) is 0.807. The summed E-state index contributed by atoms with van der Waals surface area (Å²) in [6.07, 6.45) is 2.83. The van der Waals surface area contributed by atoms with Gasteiger partial charge in [0.25, 0.3) is 0 Å². The maximum absolute atomic E-state index is 11.9. The van der Waals surface area contributed by atoms with Crippen LogP contribution in [-0.2, 0) is 11.2 Å². The van der Waals surface area contributed by atoms with Gasteiger partial charge in [-0.2, -0.15) is 0 Å². The Kier molecular flexibility index (Phi) is 4.89. The fourth-order valence-corrected chi connectivity index (χ4v) is 3.59. The summed E-state index contributed by atoms with van der Waals surface area (Å²) in [6, 6.07) is 18.8. The number of nitrogens with two attached hydrogens (primary N) is 1. The number of hydrogen-bond donors (Lipinski definition) is 2. The Labute approximate surface area is 137 Å². The van der Waals surface area contributed by atoms with E-state index >= 15 is 0 Å². The van der Waals surface area contributed by atoms with Crippen LogP contribution >= 0.6 is 0 Å². The molecule has 0 saturated carbocycles. The fourth-order valence-electron chi connectivity index (χ4n) is 3.59. The minimum absolute atomic E-state index is 0.324. The number of hydrogen-bond acceptors (Lipinski definition) is 3. The first kappa shape index (κ1) is 15.9. The fraction of sp³-hybridized carbons (Fsp3) is 0.350. The third-order valence-electron chi connectivity index (χ3n) is 5.06. The summed E-state index contributed by atoms with van der Waals surface area (Å²) in [6.45, 7) is 2.26. The van der Waals surface area contributed by atoms with Crippen molar-refractivity contribution >= 4 is 6.29 Å². The summed E-state index contributed by atoms with van der Waals surface area (Å²) < 4.78 is 0. The van der Waals surface area contributed by atoms with Crippen molar-refractivity contribution in [1.82, 2.24) is 5.32 Å². The molecule has 0 amide bonds. The van der Waals surface area contributed by atoms with Crippen LogP contribution in [0.25, 0.3) is 11.1 Å². The molecule has 1 heterocycles. The standard InChI is InChI=1S/C20H24N2O/c21-14-20(15-23,19-9-10-22-13-19)12-16-5-4-8-18(11-16)17-6-2-1-3-7-17/h1-8,11,15,19,22H,9-10,12-14,21H2. The third-order valence-corrected chi connectivity index (χ3v) is 5.06. The Balaban J connectivity index is 1.87. The van der Waals surface area contributed by atoms with Crippen molar-refractivity contribution < 1.29 is 4.79 Å². The van der Waals surface area contributed by atoms with Gasteiger partial charge in [-0.15, -0.1) is 0 Å². The van der Waals surface area contributed by atoms with E-state index in [-0.39, 0.29) is 0 Å². The van der Waals surface area contributed by atoms with Crippen LogP contribution in [0.4, 0.5) is 0 Å². The molecule has 2 atom stereocenters. The van der Waals surface area contributed by atoms with Crippen LogP contribution in [0.1, 0.15) is 12.0 Å². The number of aldehydes is 1. The van der Waals surface area contributed by atoms with E-state index < -0.39 is 5.41 Å². The van der Waals surface area contributed by atoms with Gasteiger partial charge in [0.2, 0.25) is 0 Å². The number of rotatable bonds is 6. The van der Waals surface area contributed by atoms with Gasteiger partial charge in [0.1, 0.15) is 6.29 Å². The van der Waals surface area contributed by atoms with Crippen LogP contribution in [0.5, 0.6) is 0 Å². The first-order valence-electron chi connectivity index (χ1n) is 8.29. The maximum Gasteiger partial charge on any atom is 0.128 e. The number of benzene rings is 2. The maximum atomic E-state index is 11.9. The van der Waals surface area contributed by atoms with Crippen LogP contribution in [0, 0.1) is 11.3 Å². The molecule has 1 fully saturated rings. The number of carbonyl (C=O) groups excluding carboxylic acids is 1. The molecule has 3 N–H and O–H groups in total. The Hall–Kier alpha value is -1.97. The average Bonchev–Trinajstić information content (AvgIpc) is 3.16. The van der Waals surface area contributed by atoms with E-state index in [0.29, 0.717) is 18.9 Å².